The molecule has 0 aliphatic carbocycles. The van der Waals surface area contributed by atoms with E-state index < -0.39 is 6.10 Å². The zero-order chi connectivity index (χ0) is 18.2. The number of rotatable bonds is 7. The summed E-state index contributed by atoms with van der Waals surface area (Å²) in [5, 5.41) is 5.57. The molecule has 7 heteroatoms. The summed E-state index contributed by atoms with van der Waals surface area (Å²) < 4.78 is 4.97. The highest BCUT2D eigenvalue weighted by atomic mass is 35.5. The van der Waals surface area contributed by atoms with Crippen LogP contribution in [-0.2, 0) is 20.7 Å². The van der Waals surface area contributed by atoms with Crippen molar-refractivity contribution in [2.24, 2.45) is 0 Å². The summed E-state index contributed by atoms with van der Waals surface area (Å²) in [5.74, 6) is -0.359. The topological polar surface area (TPSA) is 93.5 Å². The van der Waals surface area contributed by atoms with Gasteiger partial charge in [0.15, 0.2) is 0 Å². The third kappa shape index (κ3) is 6.38. The molecule has 0 aromatic heterocycles. The molecule has 0 aliphatic heterocycles. The lowest BCUT2D eigenvalue weighted by Crippen LogP contribution is -2.26. The number of aryl methyl sites for hydroxylation is 1. The Balaban J connectivity index is 0.00000338. The minimum atomic E-state index is -0.547. The summed E-state index contributed by atoms with van der Waals surface area (Å²) in [5.41, 5.74) is 8.73. The Morgan fingerprint density at radius 1 is 1.08 bits per heavy atom. The van der Waals surface area contributed by atoms with Crippen LogP contribution >= 0.6 is 12.4 Å². The van der Waals surface area contributed by atoms with Crippen LogP contribution in [0.5, 0.6) is 0 Å². The molecule has 0 bridgehead atoms. The van der Waals surface area contributed by atoms with Crippen LogP contribution in [0, 0.1) is 0 Å². The van der Waals surface area contributed by atoms with Crippen LogP contribution in [0.25, 0.3) is 0 Å². The van der Waals surface area contributed by atoms with Gasteiger partial charge in [-0.25, -0.2) is 0 Å². The number of halogens is 1. The maximum atomic E-state index is 12.1. The molecule has 26 heavy (non-hydrogen) atoms. The molecular weight excluding hydrogens is 354 g/mol. The second-order valence-corrected chi connectivity index (χ2v) is 5.69. The number of anilines is 3. The van der Waals surface area contributed by atoms with E-state index in [9.17, 15) is 9.59 Å². The Kier molecular flexibility index (Phi) is 8.61. The van der Waals surface area contributed by atoms with Gasteiger partial charge in [-0.2, -0.15) is 0 Å². The van der Waals surface area contributed by atoms with E-state index in [4.69, 9.17) is 10.5 Å². The minimum absolute atomic E-state index is 0. The van der Waals surface area contributed by atoms with Crippen molar-refractivity contribution in [3.63, 3.8) is 0 Å². The Bertz CT molecular complexity index is 752. The van der Waals surface area contributed by atoms with Crippen molar-refractivity contribution in [3.8, 4) is 0 Å². The maximum absolute atomic E-state index is 12.1. The molecule has 6 nitrogen and oxygen atoms in total. The summed E-state index contributed by atoms with van der Waals surface area (Å²) in [6.07, 6.45) is 0.348. The van der Waals surface area contributed by atoms with Crippen LogP contribution in [0.2, 0.25) is 0 Å². The van der Waals surface area contributed by atoms with Gasteiger partial charge in [0, 0.05) is 30.6 Å². The van der Waals surface area contributed by atoms with E-state index in [0.717, 1.165) is 5.56 Å². The molecule has 2 rings (SSSR count). The predicted octanol–water partition coefficient (Wildman–Crippen LogP) is 3.24. The Morgan fingerprint density at radius 3 is 2.38 bits per heavy atom. The number of amides is 2. The molecule has 0 radical (unpaired) electrons. The van der Waals surface area contributed by atoms with Crippen LogP contribution < -0.4 is 16.4 Å². The van der Waals surface area contributed by atoms with Gasteiger partial charge < -0.3 is 21.1 Å². The van der Waals surface area contributed by atoms with E-state index in [-0.39, 0.29) is 24.2 Å². The number of nitrogens with two attached hydrogens (primary N) is 1. The van der Waals surface area contributed by atoms with Gasteiger partial charge in [0.05, 0.1) is 0 Å². The normalized spacial score (nSPS) is 11.2. The number of para-hydroxylation sites is 1. The van der Waals surface area contributed by atoms with Gasteiger partial charge in [0.1, 0.15) is 6.10 Å². The van der Waals surface area contributed by atoms with Gasteiger partial charge >= 0.3 is 0 Å². The number of hydrogen-bond donors (Lipinski definition) is 3. The molecule has 2 amide bonds. The fourth-order valence-electron chi connectivity index (χ4n) is 2.26. The Hall–Kier alpha value is -2.57. The standard InChI is InChI=1S/C19H23N3O3.ClH/c1-13(25-2)19(24)22-16-8-5-7-15(12-16)21-18(23)11-10-14-6-3-4-9-17(14)20;/h3-9,12-13H,10-11,20H2,1-2H3,(H,21,23)(H,22,24);1H. The van der Waals surface area contributed by atoms with E-state index in [1.807, 2.05) is 24.3 Å². The van der Waals surface area contributed by atoms with E-state index in [1.165, 1.54) is 7.11 Å². The van der Waals surface area contributed by atoms with Gasteiger partial charge in [-0.1, -0.05) is 24.3 Å². The second kappa shape index (κ2) is 10.4. The zero-order valence-electron chi connectivity index (χ0n) is 14.8. The third-order valence-corrected chi connectivity index (χ3v) is 3.81. The highest BCUT2D eigenvalue weighted by Crippen LogP contribution is 2.17. The SMILES string of the molecule is COC(C)C(=O)Nc1cccc(NC(=O)CCc2ccccc2N)c1.Cl. The molecule has 1 unspecified atom stereocenters. The number of carbonyl (C=O) groups excluding carboxylic acids is 2. The molecule has 4 N–H and O–H groups in total. The fraction of sp³-hybridized carbons (Fsp3) is 0.263. The minimum Gasteiger partial charge on any atom is -0.399 e. The highest BCUT2D eigenvalue weighted by molar-refractivity contribution is 5.95. The number of ether oxygens (including phenoxy) is 1. The second-order valence-electron chi connectivity index (χ2n) is 5.69. The summed E-state index contributed by atoms with van der Waals surface area (Å²) in [7, 11) is 1.47. The van der Waals surface area contributed by atoms with Gasteiger partial charge in [0.2, 0.25) is 5.91 Å². The summed E-state index contributed by atoms with van der Waals surface area (Å²) in [6, 6.07) is 14.5. The summed E-state index contributed by atoms with van der Waals surface area (Å²) >= 11 is 0. The van der Waals surface area contributed by atoms with Crippen molar-refractivity contribution in [2.45, 2.75) is 25.9 Å². The highest BCUT2D eigenvalue weighted by Gasteiger charge is 2.12. The smallest absolute Gasteiger partial charge is 0.253 e. The zero-order valence-corrected chi connectivity index (χ0v) is 15.6. The molecule has 0 fully saturated rings. The van der Waals surface area contributed by atoms with Gasteiger partial charge in [-0.3, -0.25) is 9.59 Å². The van der Waals surface area contributed by atoms with E-state index in [1.54, 1.807) is 31.2 Å². The van der Waals surface area contributed by atoms with E-state index in [0.29, 0.717) is 29.9 Å². The predicted molar refractivity (Wildman–Crippen MR) is 107 cm³/mol. The monoisotopic (exact) mass is 377 g/mol. The van der Waals surface area contributed by atoms with Crippen molar-refractivity contribution >= 4 is 41.3 Å². The van der Waals surface area contributed by atoms with Crippen molar-refractivity contribution in [1.29, 1.82) is 0 Å². The lowest BCUT2D eigenvalue weighted by Gasteiger charge is -2.12. The molecule has 0 saturated heterocycles. The van der Waals surface area contributed by atoms with E-state index in [2.05, 4.69) is 10.6 Å². The molecule has 0 saturated carbocycles. The third-order valence-electron chi connectivity index (χ3n) is 3.81. The number of hydrogen-bond acceptors (Lipinski definition) is 4. The molecular formula is C19H24ClN3O3. The first-order valence-electron chi connectivity index (χ1n) is 8.06. The number of nitrogens with one attached hydrogen (secondary N) is 2. The van der Waals surface area contributed by atoms with E-state index >= 15 is 0 Å². The molecule has 1 atom stereocenters. The average Bonchev–Trinajstić information content (AvgIpc) is 2.60. The fourth-order valence-corrected chi connectivity index (χ4v) is 2.26. The van der Waals surface area contributed by atoms with Gasteiger partial charge in [0.25, 0.3) is 5.91 Å². The average molecular weight is 378 g/mol. The molecule has 2 aromatic rings. The van der Waals surface area contributed by atoms with Crippen molar-refractivity contribution in [3.05, 3.63) is 54.1 Å². The number of methoxy groups -OCH3 is 1. The van der Waals surface area contributed by atoms with Crippen LogP contribution in [0.4, 0.5) is 17.1 Å². The van der Waals surface area contributed by atoms with Crippen molar-refractivity contribution in [1.82, 2.24) is 0 Å². The largest absolute Gasteiger partial charge is 0.399 e. The summed E-state index contributed by atoms with van der Waals surface area (Å²) in [4.78, 5) is 24.0. The lowest BCUT2D eigenvalue weighted by molar-refractivity contribution is -0.124. The van der Waals surface area contributed by atoms with Crippen LogP contribution in [0.15, 0.2) is 48.5 Å². The molecule has 0 aliphatic rings. The van der Waals surface area contributed by atoms with Gasteiger partial charge in [-0.05, 0) is 43.2 Å². The molecule has 140 valence electrons. The lowest BCUT2D eigenvalue weighted by atomic mass is 10.1. The van der Waals surface area contributed by atoms with Crippen molar-refractivity contribution < 1.29 is 14.3 Å². The van der Waals surface area contributed by atoms with Crippen LogP contribution in [0.3, 0.4) is 0 Å². The molecule has 2 aromatic carbocycles. The number of benzene rings is 2. The van der Waals surface area contributed by atoms with Crippen LogP contribution in [0.1, 0.15) is 18.9 Å². The Labute approximate surface area is 159 Å². The van der Waals surface area contributed by atoms with Crippen molar-refractivity contribution in [2.75, 3.05) is 23.5 Å². The summed E-state index contributed by atoms with van der Waals surface area (Å²) in [6.45, 7) is 1.66. The molecule has 0 spiro atoms. The van der Waals surface area contributed by atoms with Crippen LogP contribution in [-0.4, -0.2) is 25.0 Å². The first-order valence-corrected chi connectivity index (χ1v) is 8.06. The molecule has 0 heterocycles. The quantitative estimate of drug-likeness (QED) is 0.646. The van der Waals surface area contributed by atoms with Gasteiger partial charge in [-0.15, -0.1) is 12.4 Å². The first kappa shape index (κ1) is 21.5. The number of nitrogen functional groups attached to an aromatic ring is 1. The Morgan fingerprint density at radius 2 is 1.73 bits per heavy atom. The number of carbonyl (C=O) groups is 2. The maximum Gasteiger partial charge on any atom is 0.253 e. The first-order chi connectivity index (χ1) is 12.0.